The van der Waals surface area contributed by atoms with Crippen LogP contribution in [0.3, 0.4) is 0 Å². The van der Waals surface area contributed by atoms with Gasteiger partial charge in [0.2, 0.25) is 0 Å². The van der Waals surface area contributed by atoms with E-state index in [4.69, 9.17) is 4.42 Å². The Morgan fingerprint density at radius 1 is 1.03 bits per heavy atom. The molecule has 3 rings (SSSR count). The molecule has 30 heavy (non-hydrogen) atoms. The minimum Gasteiger partial charge on any atom is -0.461 e. The van der Waals surface area contributed by atoms with E-state index < -0.39 is 0 Å². The zero-order valence-corrected chi connectivity index (χ0v) is 18.4. The molecular formula is C24H29N3O3. The van der Waals surface area contributed by atoms with Crippen LogP contribution in [0.2, 0.25) is 0 Å². The maximum Gasteiger partial charge on any atom is 0.271 e. The lowest BCUT2D eigenvalue weighted by Crippen LogP contribution is -2.28. The first-order valence-corrected chi connectivity index (χ1v) is 10.3. The number of carbonyl (C=O) groups excluding carboxylic acids is 2. The van der Waals surface area contributed by atoms with Crippen molar-refractivity contribution < 1.29 is 14.0 Å². The monoisotopic (exact) mass is 407 g/mol. The second-order valence-corrected chi connectivity index (χ2v) is 7.79. The van der Waals surface area contributed by atoms with Crippen LogP contribution in [0.15, 0.2) is 40.8 Å². The van der Waals surface area contributed by atoms with Crippen LogP contribution in [0, 0.1) is 6.92 Å². The van der Waals surface area contributed by atoms with Crippen LogP contribution >= 0.6 is 0 Å². The molecule has 0 N–H and O–H groups in total. The smallest absolute Gasteiger partial charge is 0.271 e. The third-order valence-corrected chi connectivity index (χ3v) is 5.22. The molecule has 0 bridgehead atoms. The Hall–Kier alpha value is -3.15. The third-order valence-electron chi connectivity index (χ3n) is 5.22. The molecular weight excluding hydrogens is 378 g/mol. The molecule has 158 valence electrons. The summed E-state index contributed by atoms with van der Waals surface area (Å²) in [6, 6.07) is 11.2. The lowest BCUT2D eigenvalue weighted by molar-refractivity contribution is 0.0779. The highest BCUT2D eigenvalue weighted by Crippen LogP contribution is 2.28. The summed E-state index contributed by atoms with van der Waals surface area (Å²) in [6.45, 7) is 4.36. The SMILES string of the molecule is CCCCc1oc2ccccc2c1CN(C)C(=O)c1ccc(C(=O)N(C)C)nc1C. The highest BCUT2D eigenvalue weighted by molar-refractivity contribution is 5.97. The second kappa shape index (κ2) is 9.11. The zero-order chi connectivity index (χ0) is 21.8. The van der Waals surface area contributed by atoms with Gasteiger partial charge in [-0.15, -0.1) is 0 Å². The number of aryl methyl sites for hydroxylation is 2. The number of benzene rings is 1. The van der Waals surface area contributed by atoms with Gasteiger partial charge in [0, 0.05) is 45.1 Å². The third kappa shape index (κ3) is 4.37. The van der Waals surface area contributed by atoms with E-state index in [1.54, 1.807) is 45.1 Å². The van der Waals surface area contributed by atoms with E-state index in [9.17, 15) is 9.59 Å². The van der Waals surface area contributed by atoms with Crippen LogP contribution < -0.4 is 0 Å². The van der Waals surface area contributed by atoms with Gasteiger partial charge < -0.3 is 14.2 Å². The van der Waals surface area contributed by atoms with Crippen molar-refractivity contribution in [3.63, 3.8) is 0 Å². The van der Waals surface area contributed by atoms with Crippen molar-refractivity contribution in [3.8, 4) is 0 Å². The fourth-order valence-corrected chi connectivity index (χ4v) is 3.51. The fourth-order valence-electron chi connectivity index (χ4n) is 3.51. The van der Waals surface area contributed by atoms with Crippen molar-refractivity contribution >= 4 is 22.8 Å². The van der Waals surface area contributed by atoms with Crippen LogP contribution in [-0.4, -0.2) is 47.7 Å². The molecule has 0 spiro atoms. The summed E-state index contributed by atoms with van der Waals surface area (Å²) in [4.78, 5) is 32.8. The normalized spacial score (nSPS) is 11.0. The predicted octanol–water partition coefficient (Wildman–Crippen LogP) is 4.45. The molecule has 0 aliphatic carbocycles. The molecule has 0 radical (unpaired) electrons. The summed E-state index contributed by atoms with van der Waals surface area (Å²) in [7, 11) is 5.14. The van der Waals surface area contributed by atoms with Gasteiger partial charge in [-0.3, -0.25) is 9.59 Å². The Morgan fingerprint density at radius 3 is 2.43 bits per heavy atom. The van der Waals surface area contributed by atoms with E-state index in [2.05, 4.69) is 11.9 Å². The number of unbranched alkanes of at least 4 members (excludes halogenated alkanes) is 1. The number of furan rings is 1. The molecule has 0 aliphatic rings. The van der Waals surface area contributed by atoms with Crippen LogP contribution in [-0.2, 0) is 13.0 Å². The molecule has 6 heteroatoms. The van der Waals surface area contributed by atoms with E-state index in [-0.39, 0.29) is 11.8 Å². The van der Waals surface area contributed by atoms with Crippen molar-refractivity contribution in [2.24, 2.45) is 0 Å². The topological polar surface area (TPSA) is 66.7 Å². The Bertz CT molecular complexity index is 1070. The van der Waals surface area contributed by atoms with Crippen molar-refractivity contribution in [1.82, 2.24) is 14.8 Å². The maximum atomic E-state index is 13.1. The number of rotatable bonds is 7. The first-order valence-electron chi connectivity index (χ1n) is 10.3. The molecule has 1 aromatic carbocycles. The van der Waals surface area contributed by atoms with Crippen molar-refractivity contribution in [1.29, 1.82) is 0 Å². The predicted molar refractivity (Wildman–Crippen MR) is 118 cm³/mol. The molecule has 6 nitrogen and oxygen atoms in total. The fraction of sp³-hybridized carbons (Fsp3) is 0.375. The van der Waals surface area contributed by atoms with Gasteiger partial charge in [0.1, 0.15) is 17.0 Å². The molecule has 2 aromatic heterocycles. The van der Waals surface area contributed by atoms with Gasteiger partial charge in [0.25, 0.3) is 11.8 Å². The summed E-state index contributed by atoms with van der Waals surface area (Å²) in [6.07, 6.45) is 2.97. The second-order valence-electron chi connectivity index (χ2n) is 7.79. The Morgan fingerprint density at radius 2 is 1.77 bits per heavy atom. The van der Waals surface area contributed by atoms with Crippen LogP contribution in [0.4, 0.5) is 0 Å². The number of nitrogens with zero attached hydrogens (tertiary/aromatic N) is 3. The molecule has 0 unspecified atom stereocenters. The summed E-state index contributed by atoms with van der Waals surface area (Å²) in [5.41, 5.74) is 3.28. The van der Waals surface area contributed by atoms with Gasteiger partial charge in [0.05, 0.1) is 11.3 Å². The average molecular weight is 408 g/mol. The molecule has 0 aliphatic heterocycles. The molecule has 2 heterocycles. The standard InChI is InChI=1S/C24H29N3O3/c1-6-7-11-22-19(18-10-8-9-12-21(18)30-22)15-27(5)23(28)17-13-14-20(25-16(17)2)24(29)26(3)4/h8-10,12-14H,6-7,11,15H2,1-5H3. The van der Waals surface area contributed by atoms with Crippen LogP contribution in [0.5, 0.6) is 0 Å². The molecule has 0 saturated heterocycles. The molecule has 0 saturated carbocycles. The van der Waals surface area contributed by atoms with Gasteiger partial charge in [-0.1, -0.05) is 31.5 Å². The number of carbonyl (C=O) groups is 2. The van der Waals surface area contributed by atoms with Gasteiger partial charge >= 0.3 is 0 Å². The number of fused-ring (bicyclic) bond motifs is 1. The molecule has 2 amide bonds. The van der Waals surface area contributed by atoms with Gasteiger partial charge in [-0.25, -0.2) is 4.98 Å². The van der Waals surface area contributed by atoms with E-state index in [0.29, 0.717) is 23.5 Å². The van der Waals surface area contributed by atoms with Crippen molar-refractivity contribution in [2.45, 2.75) is 39.7 Å². The molecule has 3 aromatic rings. The van der Waals surface area contributed by atoms with Gasteiger partial charge in [-0.2, -0.15) is 0 Å². The lowest BCUT2D eigenvalue weighted by atomic mass is 10.1. The summed E-state index contributed by atoms with van der Waals surface area (Å²) >= 11 is 0. The summed E-state index contributed by atoms with van der Waals surface area (Å²) in [5, 5.41) is 1.05. The van der Waals surface area contributed by atoms with E-state index in [1.165, 1.54) is 4.90 Å². The molecule has 0 atom stereocenters. The largest absolute Gasteiger partial charge is 0.461 e. The lowest BCUT2D eigenvalue weighted by Gasteiger charge is -2.19. The summed E-state index contributed by atoms with van der Waals surface area (Å²) in [5.74, 6) is 0.630. The van der Waals surface area contributed by atoms with E-state index >= 15 is 0 Å². The number of para-hydroxylation sites is 1. The highest BCUT2D eigenvalue weighted by atomic mass is 16.3. The van der Waals surface area contributed by atoms with Crippen LogP contribution in [0.25, 0.3) is 11.0 Å². The zero-order valence-electron chi connectivity index (χ0n) is 18.4. The Balaban J connectivity index is 1.86. The minimum atomic E-state index is -0.184. The number of amides is 2. The molecule has 0 fully saturated rings. The Labute approximate surface area is 177 Å². The number of hydrogen-bond acceptors (Lipinski definition) is 4. The number of hydrogen-bond donors (Lipinski definition) is 0. The minimum absolute atomic E-state index is 0.129. The van der Waals surface area contributed by atoms with Gasteiger partial charge in [-0.05, 0) is 31.5 Å². The first-order chi connectivity index (χ1) is 14.3. The van der Waals surface area contributed by atoms with Crippen molar-refractivity contribution in [2.75, 3.05) is 21.1 Å². The number of pyridine rings is 1. The quantitative estimate of drug-likeness (QED) is 0.580. The highest BCUT2D eigenvalue weighted by Gasteiger charge is 2.21. The van der Waals surface area contributed by atoms with Crippen LogP contribution in [0.1, 0.15) is 57.6 Å². The number of aromatic nitrogens is 1. The van der Waals surface area contributed by atoms with Crippen molar-refractivity contribution in [3.05, 3.63) is 64.7 Å². The Kier molecular flexibility index (Phi) is 6.55. The van der Waals surface area contributed by atoms with E-state index in [0.717, 1.165) is 41.6 Å². The summed E-state index contributed by atoms with van der Waals surface area (Å²) < 4.78 is 6.08. The average Bonchev–Trinajstić information content (AvgIpc) is 3.08. The van der Waals surface area contributed by atoms with Gasteiger partial charge in [0.15, 0.2) is 0 Å². The van der Waals surface area contributed by atoms with E-state index in [1.807, 2.05) is 24.3 Å². The first kappa shape index (κ1) is 21.6. The maximum absolute atomic E-state index is 13.1.